The van der Waals surface area contributed by atoms with Crippen LogP contribution in [0.3, 0.4) is 0 Å². The lowest BCUT2D eigenvalue weighted by Crippen LogP contribution is -2.26. The quantitative estimate of drug-likeness (QED) is 0.714. The van der Waals surface area contributed by atoms with Crippen LogP contribution in [0.2, 0.25) is 0 Å². The van der Waals surface area contributed by atoms with Crippen LogP contribution in [0.1, 0.15) is 30.4 Å². The second-order valence-electron chi connectivity index (χ2n) is 4.11. The third-order valence-corrected chi connectivity index (χ3v) is 2.73. The fraction of sp³-hybridized carbons (Fsp3) is 0.429. The lowest BCUT2D eigenvalue weighted by atomic mass is 10.0. The molecule has 4 heteroatoms. The molecule has 0 fully saturated rings. The molecule has 0 aliphatic carbocycles. The molecule has 0 aromatic heterocycles. The second-order valence-corrected chi connectivity index (χ2v) is 4.11. The molecular formula is C14H19N3O. The highest BCUT2D eigenvalue weighted by Gasteiger charge is 2.05. The lowest BCUT2D eigenvalue weighted by molar-refractivity contribution is -0.120. The van der Waals surface area contributed by atoms with Gasteiger partial charge in [0.25, 0.3) is 0 Å². The van der Waals surface area contributed by atoms with E-state index in [1.165, 1.54) is 0 Å². The Morgan fingerprint density at radius 2 is 2.00 bits per heavy atom. The number of unbranched alkanes of at least 4 members (excludes halogenated alkanes) is 2. The monoisotopic (exact) mass is 245 g/mol. The van der Waals surface area contributed by atoms with E-state index in [2.05, 4.69) is 11.4 Å². The molecule has 0 radical (unpaired) electrons. The van der Waals surface area contributed by atoms with Crippen molar-refractivity contribution in [3.8, 4) is 6.07 Å². The van der Waals surface area contributed by atoms with E-state index in [9.17, 15) is 4.79 Å². The van der Waals surface area contributed by atoms with E-state index in [1.807, 2.05) is 24.3 Å². The van der Waals surface area contributed by atoms with Gasteiger partial charge in [0.2, 0.25) is 5.91 Å². The molecule has 1 aromatic carbocycles. The van der Waals surface area contributed by atoms with Gasteiger partial charge in [-0.1, -0.05) is 24.3 Å². The largest absolute Gasteiger partial charge is 0.356 e. The van der Waals surface area contributed by atoms with E-state index >= 15 is 0 Å². The van der Waals surface area contributed by atoms with Crippen LogP contribution in [0.4, 0.5) is 0 Å². The second kappa shape index (κ2) is 8.26. The minimum absolute atomic E-state index is 0.00728. The summed E-state index contributed by atoms with van der Waals surface area (Å²) >= 11 is 0. The average molecular weight is 245 g/mol. The van der Waals surface area contributed by atoms with Gasteiger partial charge in [-0.2, -0.15) is 5.26 Å². The molecule has 18 heavy (non-hydrogen) atoms. The molecule has 1 amide bonds. The van der Waals surface area contributed by atoms with Gasteiger partial charge >= 0.3 is 0 Å². The van der Waals surface area contributed by atoms with Gasteiger partial charge in [-0.3, -0.25) is 4.79 Å². The molecule has 0 saturated heterocycles. The molecule has 0 bridgehead atoms. The molecular weight excluding hydrogens is 226 g/mol. The standard InChI is InChI=1S/C14H19N3O/c15-8-4-1-5-9-17-14(18)10-12-6-2-3-7-13(12)11-16/h2-3,6-7H,1,4-5,9-11,16H2,(H,17,18). The average Bonchev–Trinajstić information content (AvgIpc) is 2.39. The number of hydrogen-bond donors (Lipinski definition) is 2. The van der Waals surface area contributed by atoms with Crippen LogP contribution in [-0.2, 0) is 17.8 Å². The number of carbonyl (C=O) groups is 1. The summed E-state index contributed by atoms with van der Waals surface area (Å²) in [6.45, 7) is 1.08. The fourth-order valence-corrected chi connectivity index (χ4v) is 1.72. The van der Waals surface area contributed by atoms with Gasteiger partial charge in [0.15, 0.2) is 0 Å². The zero-order valence-corrected chi connectivity index (χ0v) is 10.5. The van der Waals surface area contributed by atoms with Crippen molar-refractivity contribution >= 4 is 5.91 Å². The van der Waals surface area contributed by atoms with E-state index in [1.54, 1.807) is 0 Å². The first kappa shape index (κ1) is 14.2. The summed E-state index contributed by atoms with van der Waals surface area (Å²) < 4.78 is 0. The van der Waals surface area contributed by atoms with Gasteiger partial charge < -0.3 is 11.1 Å². The molecule has 0 atom stereocenters. The van der Waals surface area contributed by atoms with E-state index in [-0.39, 0.29) is 5.91 Å². The zero-order valence-electron chi connectivity index (χ0n) is 10.5. The number of nitriles is 1. The van der Waals surface area contributed by atoms with Crippen molar-refractivity contribution < 1.29 is 4.79 Å². The molecule has 1 rings (SSSR count). The van der Waals surface area contributed by atoms with Gasteiger partial charge in [-0.05, 0) is 24.0 Å². The van der Waals surface area contributed by atoms with Gasteiger partial charge in [0.05, 0.1) is 12.5 Å². The number of nitrogens with zero attached hydrogens (tertiary/aromatic N) is 1. The Morgan fingerprint density at radius 1 is 1.28 bits per heavy atom. The maximum atomic E-state index is 11.7. The summed E-state index contributed by atoms with van der Waals surface area (Å²) in [4.78, 5) is 11.7. The molecule has 0 aliphatic heterocycles. The van der Waals surface area contributed by atoms with Crippen molar-refractivity contribution in [3.05, 3.63) is 35.4 Å². The minimum Gasteiger partial charge on any atom is -0.356 e. The summed E-state index contributed by atoms with van der Waals surface area (Å²) in [7, 11) is 0. The first-order valence-corrected chi connectivity index (χ1v) is 6.18. The van der Waals surface area contributed by atoms with E-state index in [0.29, 0.717) is 25.9 Å². The number of benzene rings is 1. The maximum absolute atomic E-state index is 11.7. The van der Waals surface area contributed by atoms with Crippen molar-refractivity contribution in [2.45, 2.75) is 32.2 Å². The summed E-state index contributed by atoms with van der Waals surface area (Å²) in [5.41, 5.74) is 7.61. The van der Waals surface area contributed by atoms with E-state index in [4.69, 9.17) is 11.0 Å². The molecule has 96 valence electrons. The predicted molar refractivity (Wildman–Crippen MR) is 70.5 cm³/mol. The number of nitrogens with two attached hydrogens (primary N) is 1. The molecule has 4 nitrogen and oxygen atoms in total. The van der Waals surface area contributed by atoms with Crippen molar-refractivity contribution in [2.24, 2.45) is 5.73 Å². The fourth-order valence-electron chi connectivity index (χ4n) is 1.72. The first-order chi connectivity index (χ1) is 8.77. The summed E-state index contributed by atoms with van der Waals surface area (Å²) in [6.07, 6.45) is 2.59. The molecule has 0 aliphatic rings. The maximum Gasteiger partial charge on any atom is 0.224 e. The number of hydrogen-bond acceptors (Lipinski definition) is 3. The van der Waals surface area contributed by atoms with Gasteiger partial charge in [-0.25, -0.2) is 0 Å². The first-order valence-electron chi connectivity index (χ1n) is 6.18. The Balaban J connectivity index is 2.33. The van der Waals surface area contributed by atoms with Crippen molar-refractivity contribution in [1.29, 1.82) is 5.26 Å². The SMILES string of the molecule is N#CCCCCNC(=O)Cc1ccccc1CN. The Morgan fingerprint density at radius 3 is 2.67 bits per heavy atom. The Labute approximate surface area is 108 Å². The summed E-state index contributed by atoms with van der Waals surface area (Å²) in [5, 5.41) is 11.2. The molecule has 0 saturated carbocycles. The highest BCUT2D eigenvalue weighted by atomic mass is 16.1. The predicted octanol–water partition coefficient (Wildman–Crippen LogP) is 1.50. The summed E-state index contributed by atoms with van der Waals surface area (Å²) in [6, 6.07) is 9.79. The number of nitrogens with one attached hydrogen (secondary N) is 1. The zero-order chi connectivity index (χ0) is 13.2. The number of carbonyl (C=O) groups excluding carboxylic acids is 1. The van der Waals surface area contributed by atoms with Crippen molar-refractivity contribution in [2.75, 3.05) is 6.54 Å². The Bertz CT molecular complexity index is 423. The topological polar surface area (TPSA) is 78.9 Å². The third kappa shape index (κ3) is 4.98. The third-order valence-electron chi connectivity index (χ3n) is 2.73. The molecule has 1 aromatic rings. The van der Waals surface area contributed by atoms with Gasteiger partial charge in [0.1, 0.15) is 0 Å². The number of amides is 1. The highest BCUT2D eigenvalue weighted by Crippen LogP contribution is 2.08. The normalized spacial score (nSPS) is 9.78. The van der Waals surface area contributed by atoms with E-state index < -0.39 is 0 Å². The molecule has 0 spiro atoms. The van der Waals surface area contributed by atoms with Crippen LogP contribution >= 0.6 is 0 Å². The summed E-state index contributed by atoms with van der Waals surface area (Å²) in [5.74, 6) is 0.00728. The van der Waals surface area contributed by atoms with Crippen molar-refractivity contribution in [3.63, 3.8) is 0 Å². The van der Waals surface area contributed by atoms with Crippen LogP contribution in [-0.4, -0.2) is 12.5 Å². The van der Waals surface area contributed by atoms with Crippen LogP contribution in [0.5, 0.6) is 0 Å². The van der Waals surface area contributed by atoms with Crippen LogP contribution in [0.25, 0.3) is 0 Å². The van der Waals surface area contributed by atoms with Crippen LogP contribution in [0, 0.1) is 11.3 Å². The van der Waals surface area contributed by atoms with Crippen LogP contribution < -0.4 is 11.1 Å². The highest BCUT2D eigenvalue weighted by molar-refractivity contribution is 5.78. The van der Waals surface area contributed by atoms with Crippen molar-refractivity contribution in [1.82, 2.24) is 5.32 Å². The number of rotatable bonds is 7. The molecule has 3 N–H and O–H groups in total. The van der Waals surface area contributed by atoms with Crippen LogP contribution in [0.15, 0.2) is 24.3 Å². The molecule has 0 heterocycles. The van der Waals surface area contributed by atoms with Gasteiger partial charge in [0, 0.05) is 19.5 Å². The Hall–Kier alpha value is -1.86. The van der Waals surface area contributed by atoms with E-state index in [0.717, 1.165) is 24.0 Å². The van der Waals surface area contributed by atoms with Gasteiger partial charge in [-0.15, -0.1) is 0 Å². The smallest absolute Gasteiger partial charge is 0.224 e. The Kier molecular flexibility index (Phi) is 6.52. The molecule has 0 unspecified atom stereocenters. The lowest BCUT2D eigenvalue weighted by Gasteiger charge is -2.08. The minimum atomic E-state index is 0.00728.